The molecular weight excluding hydrogens is 431 g/mol. The Labute approximate surface area is 180 Å². The van der Waals surface area contributed by atoms with E-state index in [4.69, 9.17) is 14.6 Å². The summed E-state index contributed by atoms with van der Waals surface area (Å²) in [6.45, 7) is 1.92. The average Bonchev–Trinajstić information content (AvgIpc) is 3.36. The van der Waals surface area contributed by atoms with Crippen molar-refractivity contribution in [3.05, 3.63) is 48.4 Å². The predicted molar refractivity (Wildman–Crippen MR) is 109 cm³/mol. The van der Waals surface area contributed by atoms with Crippen LogP contribution in [0.15, 0.2) is 42.7 Å². The first-order valence-electron chi connectivity index (χ1n) is 9.47. The Bertz CT molecular complexity index is 1100. The molecule has 12 heteroatoms. The van der Waals surface area contributed by atoms with E-state index in [1.54, 1.807) is 24.5 Å². The van der Waals surface area contributed by atoms with E-state index < -0.39 is 12.1 Å². The highest BCUT2D eigenvalue weighted by Crippen LogP contribution is 2.20. The topological polar surface area (TPSA) is 120 Å². The van der Waals surface area contributed by atoms with E-state index in [9.17, 15) is 18.0 Å². The zero-order chi connectivity index (χ0) is 23.3. The number of aromatic amines is 1. The number of carboxylic acids is 1. The van der Waals surface area contributed by atoms with Gasteiger partial charge in [0.15, 0.2) is 0 Å². The highest BCUT2D eigenvalue weighted by atomic mass is 19.4. The first-order chi connectivity index (χ1) is 15.1. The number of hydrogen-bond acceptors (Lipinski definition) is 6. The van der Waals surface area contributed by atoms with Crippen LogP contribution in [-0.4, -0.2) is 69.5 Å². The number of pyridine rings is 1. The fraction of sp³-hybridized carbons (Fsp3) is 0.300. The van der Waals surface area contributed by atoms with Gasteiger partial charge in [0.05, 0.1) is 11.7 Å². The summed E-state index contributed by atoms with van der Waals surface area (Å²) >= 11 is 0. The van der Waals surface area contributed by atoms with E-state index in [1.807, 2.05) is 18.2 Å². The third kappa shape index (κ3) is 6.17. The number of likely N-dealkylation sites (N-methyl/N-ethyl adjacent to an activating group) is 1. The summed E-state index contributed by atoms with van der Waals surface area (Å²) in [6, 6.07) is 9.04. The molecule has 1 atom stereocenters. The Morgan fingerprint density at radius 3 is 2.69 bits per heavy atom. The Balaban J connectivity index is 0.000000360. The Morgan fingerprint density at radius 1 is 1.28 bits per heavy atom. The molecule has 4 rings (SSSR count). The van der Waals surface area contributed by atoms with Crippen LogP contribution in [0.1, 0.15) is 16.9 Å². The number of H-pyrrole nitrogens is 1. The van der Waals surface area contributed by atoms with Crippen LogP contribution in [0, 0.1) is 0 Å². The summed E-state index contributed by atoms with van der Waals surface area (Å²) in [5, 5.41) is 17.8. The molecule has 0 radical (unpaired) electrons. The second-order valence-electron chi connectivity index (χ2n) is 7.10. The normalized spacial score (nSPS) is 16.3. The van der Waals surface area contributed by atoms with Gasteiger partial charge in [-0.25, -0.2) is 4.79 Å². The minimum atomic E-state index is -5.08. The molecule has 9 nitrogen and oxygen atoms in total. The lowest BCUT2D eigenvalue weighted by atomic mass is 10.2. The number of nitrogens with one attached hydrogen (secondary N) is 2. The molecule has 0 bridgehead atoms. The average molecular weight is 451 g/mol. The van der Waals surface area contributed by atoms with Gasteiger partial charge >= 0.3 is 12.1 Å². The molecule has 0 unspecified atom stereocenters. The van der Waals surface area contributed by atoms with Gasteiger partial charge in [0.1, 0.15) is 17.5 Å². The fourth-order valence-electron chi connectivity index (χ4n) is 3.01. The molecule has 170 valence electrons. The zero-order valence-electron chi connectivity index (χ0n) is 16.9. The standard InChI is InChI=1S/C18H19N5O2.C2HF3O2/c1-23-7-5-15(11-23)25-14-4-6-19-17(9-14)18(24)21-13-2-3-16-12(8-13)10-20-22-16;3-2(4,5)1(6)7/h2-4,6,8-10,15H,5,7,11H2,1H3,(H,20,22)(H,21,24);(H,6,7)/t15-;/m0./s1. The number of carboxylic acid groups (broad SMARTS) is 1. The molecule has 3 heterocycles. The second kappa shape index (κ2) is 9.64. The lowest BCUT2D eigenvalue weighted by molar-refractivity contribution is -0.192. The minimum absolute atomic E-state index is 0.159. The number of fused-ring (bicyclic) bond motifs is 1. The highest BCUT2D eigenvalue weighted by Gasteiger charge is 2.38. The van der Waals surface area contributed by atoms with E-state index in [0.717, 1.165) is 30.4 Å². The quantitative estimate of drug-likeness (QED) is 0.558. The summed E-state index contributed by atoms with van der Waals surface area (Å²) in [4.78, 5) is 27.7. The van der Waals surface area contributed by atoms with Gasteiger partial charge in [-0.15, -0.1) is 0 Å². The maximum absolute atomic E-state index is 12.5. The summed E-state index contributed by atoms with van der Waals surface area (Å²) in [7, 11) is 2.08. The Morgan fingerprint density at radius 2 is 2.03 bits per heavy atom. The van der Waals surface area contributed by atoms with Gasteiger partial charge < -0.3 is 20.1 Å². The lowest BCUT2D eigenvalue weighted by Gasteiger charge is -2.14. The molecule has 1 aliphatic heterocycles. The molecule has 1 aliphatic rings. The van der Waals surface area contributed by atoms with Crippen molar-refractivity contribution < 1.29 is 32.6 Å². The van der Waals surface area contributed by atoms with Crippen LogP contribution in [-0.2, 0) is 4.79 Å². The number of carbonyl (C=O) groups excluding carboxylic acids is 1. The van der Waals surface area contributed by atoms with Gasteiger partial charge in [-0.05, 0) is 37.7 Å². The molecule has 2 aromatic heterocycles. The maximum Gasteiger partial charge on any atom is 0.490 e. The highest BCUT2D eigenvalue weighted by molar-refractivity contribution is 6.03. The van der Waals surface area contributed by atoms with E-state index in [2.05, 4.69) is 32.4 Å². The summed E-state index contributed by atoms with van der Waals surface area (Å²) in [5.41, 5.74) is 1.95. The van der Waals surface area contributed by atoms with Crippen molar-refractivity contribution in [2.24, 2.45) is 0 Å². The number of aromatic nitrogens is 3. The molecule has 0 spiro atoms. The SMILES string of the molecule is CN1CC[C@H](Oc2ccnc(C(=O)Nc3ccc4[nH]ncc4c3)c2)C1.O=C(O)C(F)(F)F. The maximum atomic E-state index is 12.5. The van der Waals surface area contributed by atoms with Crippen LogP contribution in [0.5, 0.6) is 5.75 Å². The van der Waals surface area contributed by atoms with Gasteiger partial charge in [0.25, 0.3) is 5.91 Å². The number of aliphatic carboxylic acids is 1. The lowest BCUT2D eigenvalue weighted by Crippen LogP contribution is -2.21. The van der Waals surface area contributed by atoms with Crippen molar-refractivity contribution in [2.45, 2.75) is 18.7 Å². The molecule has 3 aromatic rings. The fourth-order valence-corrected chi connectivity index (χ4v) is 3.01. The molecule has 1 saturated heterocycles. The predicted octanol–water partition coefficient (Wildman–Crippen LogP) is 2.93. The number of rotatable bonds is 4. The third-order valence-corrected chi connectivity index (χ3v) is 4.56. The van der Waals surface area contributed by atoms with Crippen LogP contribution in [0.2, 0.25) is 0 Å². The van der Waals surface area contributed by atoms with E-state index >= 15 is 0 Å². The summed E-state index contributed by atoms with van der Waals surface area (Å²) in [5.74, 6) is -2.35. The molecule has 0 saturated carbocycles. The zero-order valence-corrected chi connectivity index (χ0v) is 16.9. The van der Waals surface area contributed by atoms with Gasteiger partial charge in [-0.3, -0.25) is 14.9 Å². The number of benzene rings is 1. The van der Waals surface area contributed by atoms with Crippen LogP contribution in [0.25, 0.3) is 10.9 Å². The number of carbonyl (C=O) groups is 2. The minimum Gasteiger partial charge on any atom is -0.489 e. The van der Waals surface area contributed by atoms with Crippen LogP contribution in [0.4, 0.5) is 18.9 Å². The van der Waals surface area contributed by atoms with Gasteiger partial charge in [-0.1, -0.05) is 0 Å². The molecule has 1 fully saturated rings. The van der Waals surface area contributed by atoms with Gasteiger partial charge in [0, 0.05) is 36.4 Å². The van der Waals surface area contributed by atoms with Gasteiger partial charge in [0.2, 0.25) is 0 Å². The summed E-state index contributed by atoms with van der Waals surface area (Å²) < 4.78 is 37.7. The molecule has 0 aliphatic carbocycles. The number of nitrogens with zero attached hydrogens (tertiary/aromatic N) is 3. The molecule has 3 N–H and O–H groups in total. The van der Waals surface area contributed by atoms with E-state index in [-0.39, 0.29) is 12.0 Å². The van der Waals surface area contributed by atoms with Crippen molar-refractivity contribution in [1.82, 2.24) is 20.1 Å². The van der Waals surface area contributed by atoms with Gasteiger partial charge in [-0.2, -0.15) is 18.3 Å². The molecular formula is C20H20F3N5O4. The Kier molecular flexibility index (Phi) is 6.93. The van der Waals surface area contributed by atoms with Crippen LogP contribution in [0.3, 0.4) is 0 Å². The third-order valence-electron chi connectivity index (χ3n) is 4.56. The van der Waals surface area contributed by atoms with Crippen molar-refractivity contribution in [2.75, 3.05) is 25.5 Å². The van der Waals surface area contributed by atoms with Crippen LogP contribution >= 0.6 is 0 Å². The van der Waals surface area contributed by atoms with Crippen molar-refractivity contribution >= 4 is 28.5 Å². The number of ether oxygens (including phenoxy) is 1. The van der Waals surface area contributed by atoms with Crippen molar-refractivity contribution in [3.8, 4) is 5.75 Å². The van der Waals surface area contributed by atoms with Crippen LogP contribution < -0.4 is 10.1 Å². The summed E-state index contributed by atoms with van der Waals surface area (Å²) in [6.07, 6.45) is -0.615. The number of halogens is 3. The number of likely N-dealkylation sites (tertiary alicyclic amines) is 1. The Hall–Kier alpha value is -3.67. The van der Waals surface area contributed by atoms with Crippen molar-refractivity contribution in [1.29, 1.82) is 0 Å². The largest absolute Gasteiger partial charge is 0.490 e. The first-order valence-corrected chi connectivity index (χ1v) is 9.47. The monoisotopic (exact) mass is 451 g/mol. The number of alkyl halides is 3. The number of anilines is 1. The molecule has 1 amide bonds. The smallest absolute Gasteiger partial charge is 0.489 e. The van der Waals surface area contributed by atoms with E-state index in [1.165, 1.54) is 0 Å². The van der Waals surface area contributed by atoms with E-state index in [0.29, 0.717) is 17.1 Å². The number of hydrogen-bond donors (Lipinski definition) is 3. The van der Waals surface area contributed by atoms with Crippen molar-refractivity contribution in [3.63, 3.8) is 0 Å². The molecule has 32 heavy (non-hydrogen) atoms. The number of amides is 1. The second-order valence-corrected chi connectivity index (χ2v) is 7.10. The first kappa shape index (κ1) is 23.0. The molecule has 1 aromatic carbocycles.